The highest BCUT2D eigenvalue weighted by Gasteiger charge is 2.11. The number of carboxylic acids is 1. The number of benzene rings is 1. The van der Waals surface area contributed by atoms with Crippen LogP contribution in [-0.2, 0) is 0 Å². The number of aromatic carboxylic acids is 1. The fraction of sp³-hybridized carbons (Fsp3) is 0.0833. The molecule has 0 atom stereocenters. The summed E-state index contributed by atoms with van der Waals surface area (Å²) in [4.78, 5) is 18.7. The first-order valence-electron chi connectivity index (χ1n) is 5.37. The molecule has 0 spiro atoms. The van der Waals surface area contributed by atoms with E-state index in [9.17, 15) is 9.18 Å². The predicted molar refractivity (Wildman–Crippen MR) is 73.4 cm³/mol. The molecule has 1 aromatic heterocycles. The van der Waals surface area contributed by atoms with Crippen molar-refractivity contribution >= 4 is 40.8 Å². The van der Waals surface area contributed by atoms with E-state index in [0.29, 0.717) is 11.4 Å². The standard InChI is InChI=1S/C12H8Cl2FN3O2/c1-5-7(11(19)20)4-16-12(17-5)18-6-2-8(13)10(15)9(14)3-6/h2-4H,1H3,(H,19,20)(H,16,17,18). The van der Waals surface area contributed by atoms with E-state index in [-0.39, 0.29) is 21.6 Å². The maximum Gasteiger partial charge on any atom is 0.339 e. The summed E-state index contributed by atoms with van der Waals surface area (Å²) in [6.45, 7) is 1.54. The normalized spacial score (nSPS) is 10.4. The van der Waals surface area contributed by atoms with Gasteiger partial charge in [-0.05, 0) is 19.1 Å². The van der Waals surface area contributed by atoms with Gasteiger partial charge in [-0.3, -0.25) is 0 Å². The van der Waals surface area contributed by atoms with Crippen molar-refractivity contribution in [3.8, 4) is 0 Å². The molecule has 1 heterocycles. The monoisotopic (exact) mass is 315 g/mol. The Balaban J connectivity index is 2.31. The topological polar surface area (TPSA) is 75.1 Å². The van der Waals surface area contributed by atoms with Crippen LogP contribution in [0.1, 0.15) is 16.1 Å². The Kier molecular flexibility index (Phi) is 4.06. The Morgan fingerprint density at radius 1 is 1.35 bits per heavy atom. The highest BCUT2D eigenvalue weighted by atomic mass is 35.5. The van der Waals surface area contributed by atoms with Crippen molar-refractivity contribution in [3.05, 3.63) is 45.4 Å². The van der Waals surface area contributed by atoms with E-state index in [0.717, 1.165) is 0 Å². The molecule has 20 heavy (non-hydrogen) atoms. The maximum absolute atomic E-state index is 13.3. The van der Waals surface area contributed by atoms with Crippen LogP contribution in [0.5, 0.6) is 0 Å². The van der Waals surface area contributed by atoms with Crippen LogP contribution < -0.4 is 5.32 Å². The molecule has 0 aliphatic heterocycles. The summed E-state index contributed by atoms with van der Waals surface area (Å²) in [6, 6.07) is 2.65. The second-order valence-electron chi connectivity index (χ2n) is 3.88. The smallest absolute Gasteiger partial charge is 0.339 e. The predicted octanol–water partition coefficient (Wildman–Crippen LogP) is 3.67. The van der Waals surface area contributed by atoms with Gasteiger partial charge in [0.1, 0.15) is 0 Å². The average molecular weight is 316 g/mol. The minimum atomic E-state index is -1.11. The zero-order valence-corrected chi connectivity index (χ0v) is 11.6. The first-order chi connectivity index (χ1) is 9.38. The number of hydrogen-bond acceptors (Lipinski definition) is 4. The number of aryl methyl sites for hydroxylation is 1. The van der Waals surface area contributed by atoms with Gasteiger partial charge < -0.3 is 10.4 Å². The first kappa shape index (κ1) is 14.5. The summed E-state index contributed by atoms with van der Waals surface area (Å²) in [7, 11) is 0. The third-order valence-electron chi connectivity index (χ3n) is 2.45. The molecular formula is C12H8Cl2FN3O2. The van der Waals surface area contributed by atoms with E-state index in [1.165, 1.54) is 18.3 Å². The van der Waals surface area contributed by atoms with E-state index in [1.54, 1.807) is 6.92 Å². The molecule has 1 aromatic carbocycles. The van der Waals surface area contributed by atoms with Crippen LogP contribution in [0.4, 0.5) is 16.0 Å². The van der Waals surface area contributed by atoms with Gasteiger partial charge in [-0.2, -0.15) is 0 Å². The molecule has 0 bridgehead atoms. The Morgan fingerprint density at radius 2 is 1.95 bits per heavy atom. The van der Waals surface area contributed by atoms with Gasteiger partial charge >= 0.3 is 5.97 Å². The van der Waals surface area contributed by atoms with E-state index in [2.05, 4.69) is 15.3 Å². The van der Waals surface area contributed by atoms with E-state index in [1.807, 2.05) is 0 Å². The molecule has 2 aromatic rings. The summed E-state index contributed by atoms with van der Waals surface area (Å²) in [6.07, 6.45) is 1.18. The van der Waals surface area contributed by atoms with Crippen molar-refractivity contribution in [2.24, 2.45) is 0 Å². The fourth-order valence-electron chi connectivity index (χ4n) is 1.49. The molecule has 0 saturated heterocycles. The largest absolute Gasteiger partial charge is 0.478 e. The number of rotatable bonds is 3. The molecule has 0 fully saturated rings. The number of hydrogen-bond donors (Lipinski definition) is 2. The molecule has 2 rings (SSSR count). The van der Waals surface area contributed by atoms with Crippen LogP contribution in [0.2, 0.25) is 10.0 Å². The van der Waals surface area contributed by atoms with Crippen LogP contribution in [0.3, 0.4) is 0 Å². The minimum Gasteiger partial charge on any atom is -0.478 e. The Hall–Kier alpha value is -1.92. The van der Waals surface area contributed by atoms with Gasteiger partial charge in [0.05, 0.1) is 21.3 Å². The molecule has 0 aliphatic carbocycles. The number of halogens is 3. The lowest BCUT2D eigenvalue weighted by molar-refractivity contribution is 0.0695. The Bertz CT molecular complexity index is 671. The molecular weight excluding hydrogens is 308 g/mol. The molecule has 0 saturated carbocycles. The van der Waals surface area contributed by atoms with Crippen molar-refractivity contribution in [3.63, 3.8) is 0 Å². The van der Waals surface area contributed by atoms with E-state index in [4.69, 9.17) is 28.3 Å². The molecule has 0 unspecified atom stereocenters. The zero-order chi connectivity index (χ0) is 14.9. The van der Waals surface area contributed by atoms with Gasteiger partial charge in [-0.1, -0.05) is 23.2 Å². The highest BCUT2D eigenvalue weighted by Crippen LogP contribution is 2.28. The minimum absolute atomic E-state index is 0.00530. The lowest BCUT2D eigenvalue weighted by Crippen LogP contribution is -2.06. The highest BCUT2D eigenvalue weighted by molar-refractivity contribution is 6.35. The molecule has 8 heteroatoms. The SMILES string of the molecule is Cc1nc(Nc2cc(Cl)c(F)c(Cl)c2)ncc1C(=O)O. The summed E-state index contributed by atoms with van der Waals surface area (Å²) >= 11 is 11.3. The van der Waals surface area contributed by atoms with Crippen LogP contribution in [0.15, 0.2) is 18.3 Å². The number of carboxylic acid groups (broad SMARTS) is 1. The quantitative estimate of drug-likeness (QED) is 0.845. The maximum atomic E-state index is 13.3. The summed E-state index contributed by atoms with van der Waals surface area (Å²) in [5, 5.41) is 11.4. The number of aromatic nitrogens is 2. The van der Waals surface area contributed by atoms with Gasteiger partial charge in [0.15, 0.2) is 5.82 Å². The first-order valence-corrected chi connectivity index (χ1v) is 6.12. The van der Waals surface area contributed by atoms with Crippen LogP contribution >= 0.6 is 23.2 Å². The third-order valence-corrected chi connectivity index (χ3v) is 3.00. The van der Waals surface area contributed by atoms with Gasteiger partial charge in [0, 0.05) is 11.9 Å². The fourth-order valence-corrected chi connectivity index (χ4v) is 1.98. The van der Waals surface area contributed by atoms with Crippen LogP contribution in [-0.4, -0.2) is 21.0 Å². The van der Waals surface area contributed by atoms with Gasteiger partial charge in [-0.15, -0.1) is 0 Å². The number of nitrogens with zero attached hydrogens (tertiary/aromatic N) is 2. The summed E-state index contributed by atoms with van der Waals surface area (Å²) in [5.41, 5.74) is 0.698. The molecule has 0 amide bonds. The lowest BCUT2D eigenvalue weighted by atomic mass is 10.2. The zero-order valence-electron chi connectivity index (χ0n) is 10.1. The van der Waals surface area contributed by atoms with Gasteiger partial charge in [0.2, 0.25) is 5.95 Å². The number of nitrogens with one attached hydrogen (secondary N) is 1. The summed E-state index contributed by atoms with van der Waals surface area (Å²) < 4.78 is 13.3. The Labute approximate surface area is 123 Å². The Morgan fingerprint density at radius 3 is 2.45 bits per heavy atom. The van der Waals surface area contributed by atoms with Crippen molar-refractivity contribution in [2.75, 3.05) is 5.32 Å². The summed E-state index contributed by atoms with van der Waals surface area (Å²) in [5.74, 6) is -1.66. The number of anilines is 2. The van der Waals surface area contributed by atoms with E-state index >= 15 is 0 Å². The second kappa shape index (κ2) is 5.60. The van der Waals surface area contributed by atoms with Crippen molar-refractivity contribution < 1.29 is 14.3 Å². The average Bonchev–Trinajstić information content (AvgIpc) is 2.35. The third kappa shape index (κ3) is 2.97. The van der Waals surface area contributed by atoms with E-state index < -0.39 is 11.8 Å². The molecule has 0 radical (unpaired) electrons. The van der Waals surface area contributed by atoms with Gasteiger partial charge in [0.25, 0.3) is 0 Å². The number of carbonyl (C=O) groups is 1. The molecule has 0 aliphatic rings. The van der Waals surface area contributed by atoms with Crippen LogP contribution in [0, 0.1) is 12.7 Å². The van der Waals surface area contributed by atoms with Crippen molar-refractivity contribution in [1.82, 2.24) is 9.97 Å². The lowest BCUT2D eigenvalue weighted by Gasteiger charge is -2.08. The molecule has 104 valence electrons. The van der Waals surface area contributed by atoms with Crippen molar-refractivity contribution in [2.45, 2.75) is 6.92 Å². The molecule has 5 nitrogen and oxygen atoms in total. The van der Waals surface area contributed by atoms with Crippen molar-refractivity contribution in [1.29, 1.82) is 0 Å². The molecule has 2 N–H and O–H groups in total. The van der Waals surface area contributed by atoms with Gasteiger partial charge in [-0.25, -0.2) is 19.2 Å². The second-order valence-corrected chi connectivity index (χ2v) is 4.69. The van der Waals surface area contributed by atoms with Crippen LogP contribution in [0.25, 0.3) is 0 Å².